The third-order valence-electron chi connectivity index (χ3n) is 3.46. The third kappa shape index (κ3) is 5.96. The number of ether oxygens (including phenoxy) is 1. The van der Waals surface area contributed by atoms with E-state index in [1.165, 1.54) is 31.2 Å². The summed E-state index contributed by atoms with van der Waals surface area (Å²) in [4.78, 5) is 0. The Morgan fingerprint density at radius 3 is 2.74 bits per heavy atom. The van der Waals surface area contributed by atoms with Crippen LogP contribution in [0, 0.1) is 5.92 Å². The molecule has 1 aromatic carbocycles. The number of hydrogen-bond acceptors (Lipinski definition) is 2. The van der Waals surface area contributed by atoms with Gasteiger partial charge in [-0.2, -0.15) is 0 Å². The van der Waals surface area contributed by atoms with Gasteiger partial charge >= 0.3 is 0 Å². The van der Waals surface area contributed by atoms with Gasteiger partial charge in [0.05, 0.1) is 6.61 Å². The molecule has 19 heavy (non-hydrogen) atoms. The smallest absolute Gasteiger partial charge is 0.119 e. The Bertz CT molecular complexity index is 368. The van der Waals surface area contributed by atoms with Gasteiger partial charge in [0, 0.05) is 4.47 Å². The van der Waals surface area contributed by atoms with Crippen LogP contribution in [0.5, 0.6) is 5.75 Å². The monoisotopic (exact) mass is 327 g/mol. The molecule has 1 atom stereocenters. The van der Waals surface area contributed by atoms with E-state index >= 15 is 0 Å². The minimum Gasteiger partial charge on any atom is -0.493 e. The molecule has 0 saturated carbocycles. The van der Waals surface area contributed by atoms with Gasteiger partial charge in [-0.25, -0.2) is 0 Å². The Morgan fingerprint density at radius 2 is 2.11 bits per heavy atom. The first-order chi connectivity index (χ1) is 9.21. The Balaban J connectivity index is 2.54. The van der Waals surface area contributed by atoms with Crippen LogP contribution in [-0.4, -0.2) is 13.2 Å². The second-order valence-electron chi connectivity index (χ2n) is 5.02. The lowest BCUT2D eigenvalue weighted by molar-refractivity contribution is 0.233. The molecule has 0 heterocycles. The normalized spacial score (nSPS) is 12.4. The summed E-state index contributed by atoms with van der Waals surface area (Å²) in [6, 6.07) is 6.17. The van der Waals surface area contributed by atoms with Crippen LogP contribution in [0.15, 0.2) is 22.7 Å². The number of hydrogen-bond donors (Lipinski definition) is 1. The minimum absolute atomic E-state index is 0.663. The molecule has 0 saturated heterocycles. The maximum Gasteiger partial charge on any atom is 0.119 e. The summed E-state index contributed by atoms with van der Waals surface area (Å²) in [6.45, 7) is 5.96. The van der Waals surface area contributed by atoms with Gasteiger partial charge in [-0.3, -0.25) is 0 Å². The van der Waals surface area contributed by atoms with E-state index in [1.54, 1.807) is 0 Å². The number of unbranched alkanes of at least 4 members (excludes halogenated alkanes) is 1. The largest absolute Gasteiger partial charge is 0.493 e. The molecule has 1 rings (SSSR count). The van der Waals surface area contributed by atoms with Crippen molar-refractivity contribution in [3.63, 3.8) is 0 Å². The number of halogens is 1. The Labute approximate surface area is 125 Å². The highest BCUT2D eigenvalue weighted by Gasteiger charge is 2.08. The Kier molecular flexibility index (Phi) is 8.15. The molecule has 1 aromatic rings. The topological polar surface area (TPSA) is 35.2 Å². The highest BCUT2D eigenvalue weighted by atomic mass is 79.9. The predicted molar refractivity (Wildman–Crippen MR) is 85.7 cm³/mol. The first kappa shape index (κ1) is 16.5. The zero-order valence-corrected chi connectivity index (χ0v) is 13.7. The van der Waals surface area contributed by atoms with E-state index in [4.69, 9.17) is 10.5 Å². The van der Waals surface area contributed by atoms with Crippen LogP contribution in [0.3, 0.4) is 0 Å². The van der Waals surface area contributed by atoms with Crippen molar-refractivity contribution in [3.8, 4) is 5.75 Å². The van der Waals surface area contributed by atoms with Crippen molar-refractivity contribution in [1.29, 1.82) is 0 Å². The van der Waals surface area contributed by atoms with Crippen LogP contribution < -0.4 is 10.5 Å². The van der Waals surface area contributed by atoms with Gasteiger partial charge < -0.3 is 10.5 Å². The van der Waals surface area contributed by atoms with Crippen LogP contribution in [-0.2, 0) is 6.42 Å². The average molecular weight is 328 g/mol. The van der Waals surface area contributed by atoms with Gasteiger partial charge in [0.15, 0.2) is 0 Å². The molecule has 0 aromatic heterocycles. The van der Waals surface area contributed by atoms with Crippen molar-refractivity contribution >= 4 is 15.9 Å². The second-order valence-corrected chi connectivity index (χ2v) is 5.87. The third-order valence-corrected chi connectivity index (χ3v) is 4.23. The first-order valence-electron chi connectivity index (χ1n) is 7.32. The summed E-state index contributed by atoms with van der Waals surface area (Å²) < 4.78 is 7.05. The van der Waals surface area contributed by atoms with E-state index in [0.29, 0.717) is 12.5 Å². The molecule has 3 heteroatoms. The molecular formula is C16H26BrNO. The van der Waals surface area contributed by atoms with Gasteiger partial charge in [-0.1, -0.05) is 49.0 Å². The molecule has 1 unspecified atom stereocenters. The van der Waals surface area contributed by atoms with Crippen LogP contribution >= 0.6 is 15.9 Å². The number of rotatable bonds is 9. The SMILES string of the molecule is CCCCC(CC)COc1ccc(Br)c(CCN)c1. The lowest BCUT2D eigenvalue weighted by atomic mass is 10.0. The maximum absolute atomic E-state index is 5.94. The second kappa shape index (κ2) is 9.38. The summed E-state index contributed by atoms with van der Waals surface area (Å²) in [7, 11) is 0. The van der Waals surface area contributed by atoms with Gasteiger partial charge in [0.25, 0.3) is 0 Å². The van der Waals surface area contributed by atoms with Crippen LogP contribution in [0.2, 0.25) is 0 Å². The van der Waals surface area contributed by atoms with Crippen molar-refractivity contribution < 1.29 is 4.74 Å². The molecule has 0 radical (unpaired) electrons. The molecule has 0 bridgehead atoms. The quantitative estimate of drug-likeness (QED) is 0.722. The number of benzene rings is 1. The molecule has 2 nitrogen and oxygen atoms in total. The van der Waals surface area contributed by atoms with Crippen molar-refractivity contribution in [2.45, 2.75) is 46.0 Å². The Morgan fingerprint density at radius 1 is 1.32 bits per heavy atom. The van der Waals surface area contributed by atoms with Crippen molar-refractivity contribution in [3.05, 3.63) is 28.2 Å². The van der Waals surface area contributed by atoms with E-state index in [2.05, 4.69) is 35.8 Å². The van der Waals surface area contributed by atoms with Crippen LogP contribution in [0.4, 0.5) is 0 Å². The molecule has 0 spiro atoms. The average Bonchev–Trinajstić information content (AvgIpc) is 2.42. The molecule has 2 N–H and O–H groups in total. The summed E-state index contributed by atoms with van der Waals surface area (Å²) in [5, 5.41) is 0. The highest BCUT2D eigenvalue weighted by Crippen LogP contribution is 2.24. The fourth-order valence-electron chi connectivity index (χ4n) is 2.10. The molecular weight excluding hydrogens is 302 g/mol. The first-order valence-corrected chi connectivity index (χ1v) is 8.11. The zero-order valence-electron chi connectivity index (χ0n) is 12.1. The van der Waals surface area contributed by atoms with E-state index in [-0.39, 0.29) is 0 Å². The molecule has 0 amide bonds. The van der Waals surface area contributed by atoms with Gasteiger partial charge in [0.2, 0.25) is 0 Å². The van der Waals surface area contributed by atoms with E-state index in [1.807, 2.05) is 12.1 Å². The van der Waals surface area contributed by atoms with Crippen LogP contribution in [0.25, 0.3) is 0 Å². The predicted octanol–water partition coefficient (Wildman–Crippen LogP) is 4.55. The zero-order chi connectivity index (χ0) is 14.1. The lowest BCUT2D eigenvalue weighted by Gasteiger charge is -2.16. The van der Waals surface area contributed by atoms with Crippen molar-refractivity contribution in [2.24, 2.45) is 11.7 Å². The molecule has 0 aliphatic carbocycles. The maximum atomic E-state index is 5.94. The van der Waals surface area contributed by atoms with Crippen molar-refractivity contribution in [2.75, 3.05) is 13.2 Å². The summed E-state index contributed by atoms with van der Waals surface area (Å²) >= 11 is 3.55. The van der Waals surface area contributed by atoms with E-state index < -0.39 is 0 Å². The van der Waals surface area contributed by atoms with Gasteiger partial charge in [0.1, 0.15) is 5.75 Å². The Hall–Kier alpha value is -0.540. The molecule has 0 aliphatic rings. The van der Waals surface area contributed by atoms with Crippen molar-refractivity contribution in [1.82, 2.24) is 0 Å². The van der Waals surface area contributed by atoms with Gasteiger partial charge in [-0.15, -0.1) is 0 Å². The molecule has 108 valence electrons. The standard InChI is InChI=1S/C16H26BrNO/c1-3-5-6-13(4-2)12-19-15-7-8-16(17)14(11-15)9-10-18/h7-8,11,13H,3-6,9-10,12,18H2,1-2H3. The fraction of sp³-hybridized carbons (Fsp3) is 0.625. The summed E-state index contributed by atoms with van der Waals surface area (Å²) in [5.41, 5.74) is 6.84. The highest BCUT2D eigenvalue weighted by molar-refractivity contribution is 9.10. The number of nitrogens with two attached hydrogens (primary N) is 1. The fourth-order valence-corrected chi connectivity index (χ4v) is 2.55. The molecule has 0 aliphatic heterocycles. The van der Waals surface area contributed by atoms with Gasteiger partial charge in [-0.05, 0) is 49.1 Å². The molecule has 0 fully saturated rings. The summed E-state index contributed by atoms with van der Waals surface area (Å²) in [6.07, 6.45) is 5.88. The summed E-state index contributed by atoms with van der Waals surface area (Å²) in [5.74, 6) is 1.63. The van der Waals surface area contributed by atoms with Crippen LogP contribution in [0.1, 0.15) is 45.1 Å². The lowest BCUT2D eigenvalue weighted by Crippen LogP contribution is -2.11. The van der Waals surface area contributed by atoms with E-state index in [0.717, 1.165) is 23.2 Å². The minimum atomic E-state index is 0.663. The van der Waals surface area contributed by atoms with E-state index in [9.17, 15) is 0 Å².